The first kappa shape index (κ1) is 15.7. The molecule has 1 unspecified atom stereocenters. The van der Waals surface area contributed by atoms with Crippen molar-refractivity contribution in [3.8, 4) is 0 Å². The molecule has 1 N–H and O–H groups in total. The van der Waals surface area contributed by atoms with Crippen molar-refractivity contribution in [3.63, 3.8) is 0 Å². The van der Waals surface area contributed by atoms with Gasteiger partial charge < -0.3 is 5.32 Å². The van der Waals surface area contributed by atoms with Crippen molar-refractivity contribution in [2.45, 2.75) is 25.3 Å². The van der Waals surface area contributed by atoms with E-state index in [4.69, 9.17) is 0 Å². The number of benzene rings is 1. The van der Waals surface area contributed by atoms with E-state index in [9.17, 15) is 17.6 Å². The van der Waals surface area contributed by atoms with Crippen LogP contribution in [0.5, 0.6) is 0 Å². The number of rotatable bonds is 5. The lowest BCUT2D eigenvalue weighted by molar-refractivity contribution is -0.151. The largest absolute Gasteiger partial charge is 0.326 e. The molecular weight excluding hydrogens is 358 g/mol. The summed E-state index contributed by atoms with van der Waals surface area (Å²) in [5.74, 6) is -4.12. The van der Waals surface area contributed by atoms with Gasteiger partial charge in [-0.1, -0.05) is 19.1 Å². The van der Waals surface area contributed by atoms with Crippen LogP contribution in [0.1, 0.15) is 18.5 Å². The second-order valence-electron chi connectivity index (χ2n) is 4.27. The van der Waals surface area contributed by atoms with Gasteiger partial charge in [0, 0.05) is 9.17 Å². The SMILES string of the molecule is CCNC(c1csc2c(Br)cccc12)C(F)(F)C(F)F. The van der Waals surface area contributed by atoms with E-state index < -0.39 is 18.4 Å². The zero-order valence-corrected chi connectivity index (χ0v) is 12.9. The quantitative estimate of drug-likeness (QED) is 0.712. The number of nitrogens with one attached hydrogen (secondary N) is 1. The van der Waals surface area contributed by atoms with Gasteiger partial charge in [-0.05, 0) is 44.9 Å². The summed E-state index contributed by atoms with van der Waals surface area (Å²) in [7, 11) is 0. The smallest absolute Gasteiger partial charge is 0.305 e. The molecule has 0 saturated heterocycles. The summed E-state index contributed by atoms with van der Waals surface area (Å²) in [4.78, 5) is 0. The first-order valence-corrected chi connectivity index (χ1v) is 7.61. The predicted octanol–water partition coefficient (Wildman–Crippen LogP) is 5.21. The van der Waals surface area contributed by atoms with Gasteiger partial charge in [-0.3, -0.25) is 0 Å². The van der Waals surface area contributed by atoms with E-state index >= 15 is 0 Å². The van der Waals surface area contributed by atoms with Crippen LogP contribution in [0.15, 0.2) is 28.1 Å². The Morgan fingerprint density at radius 1 is 1.35 bits per heavy atom. The summed E-state index contributed by atoms with van der Waals surface area (Å²) in [6.07, 6.45) is -3.71. The molecule has 0 saturated carbocycles. The van der Waals surface area contributed by atoms with Gasteiger partial charge in [0.2, 0.25) is 0 Å². The number of halogens is 5. The lowest BCUT2D eigenvalue weighted by Gasteiger charge is -2.26. The van der Waals surface area contributed by atoms with Gasteiger partial charge in [0.1, 0.15) is 6.04 Å². The minimum absolute atomic E-state index is 0.179. The van der Waals surface area contributed by atoms with Crippen LogP contribution in [0.3, 0.4) is 0 Å². The zero-order chi connectivity index (χ0) is 14.9. The molecule has 7 heteroatoms. The van der Waals surface area contributed by atoms with Crippen molar-refractivity contribution >= 4 is 37.4 Å². The van der Waals surface area contributed by atoms with E-state index in [1.165, 1.54) is 16.7 Å². The van der Waals surface area contributed by atoms with Crippen LogP contribution in [-0.4, -0.2) is 18.9 Å². The highest BCUT2D eigenvalue weighted by molar-refractivity contribution is 9.10. The van der Waals surface area contributed by atoms with E-state index in [0.29, 0.717) is 5.39 Å². The van der Waals surface area contributed by atoms with Gasteiger partial charge >= 0.3 is 12.3 Å². The maximum absolute atomic E-state index is 13.8. The number of hydrogen-bond donors (Lipinski definition) is 1. The van der Waals surface area contributed by atoms with Crippen molar-refractivity contribution < 1.29 is 17.6 Å². The molecule has 1 aromatic carbocycles. The van der Waals surface area contributed by atoms with Crippen LogP contribution in [0.25, 0.3) is 10.1 Å². The molecule has 0 aliphatic rings. The average Bonchev–Trinajstić information content (AvgIpc) is 2.80. The Morgan fingerprint density at radius 3 is 2.65 bits per heavy atom. The minimum atomic E-state index is -4.12. The van der Waals surface area contributed by atoms with Gasteiger partial charge in [0.25, 0.3) is 0 Å². The normalized spacial score (nSPS) is 14.2. The molecule has 0 spiro atoms. The molecule has 1 nitrogen and oxygen atoms in total. The molecule has 20 heavy (non-hydrogen) atoms. The Morgan fingerprint density at radius 2 is 2.05 bits per heavy atom. The van der Waals surface area contributed by atoms with Gasteiger partial charge in [-0.15, -0.1) is 11.3 Å². The maximum Gasteiger partial charge on any atom is 0.326 e. The Hall–Kier alpha value is -0.660. The summed E-state index contributed by atoms with van der Waals surface area (Å²) in [6.45, 7) is 1.79. The van der Waals surface area contributed by atoms with Crippen LogP contribution < -0.4 is 5.32 Å². The fourth-order valence-corrected chi connectivity index (χ4v) is 3.70. The molecular formula is C13H12BrF4NS. The van der Waals surface area contributed by atoms with Crippen molar-refractivity contribution in [2.24, 2.45) is 0 Å². The second-order valence-corrected chi connectivity index (χ2v) is 6.01. The molecule has 0 aliphatic heterocycles. The summed E-state index contributed by atoms with van der Waals surface area (Å²) in [6, 6.07) is 3.45. The predicted molar refractivity (Wildman–Crippen MR) is 76.9 cm³/mol. The third-order valence-electron chi connectivity index (χ3n) is 2.98. The number of hydrogen-bond acceptors (Lipinski definition) is 2. The summed E-state index contributed by atoms with van der Waals surface area (Å²) < 4.78 is 54.4. The number of thiophene rings is 1. The van der Waals surface area contributed by atoms with Crippen LogP contribution in [0.4, 0.5) is 17.6 Å². The third kappa shape index (κ3) is 2.71. The van der Waals surface area contributed by atoms with Crippen LogP contribution in [0, 0.1) is 0 Å². The van der Waals surface area contributed by atoms with Gasteiger partial charge in [0.05, 0.1) is 0 Å². The van der Waals surface area contributed by atoms with E-state index in [-0.39, 0.29) is 12.1 Å². The lowest BCUT2D eigenvalue weighted by atomic mass is 10.00. The van der Waals surface area contributed by atoms with Crippen molar-refractivity contribution in [1.29, 1.82) is 0 Å². The summed E-state index contributed by atoms with van der Waals surface area (Å²) in [5.41, 5.74) is 0.207. The molecule has 110 valence electrons. The Bertz CT molecular complexity index is 599. The average molecular weight is 370 g/mol. The Labute approximate surface area is 126 Å². The number of fused-ring (bicyclic) bond motifs is 1. The first-order valence-electron chi connectivity index (χ1n) is 5.94. The monoisotopic (exact) mass is 369 g/mol. The highest BCUT2D eigenvalue weighted by atomic mass is 79.9. The van der Waals surface area contributed by atoms with E-state index in [0.717, 1.165) is 9.17 Å². The first-order chi connectivity index (χ1) is 9.39. The minimum Gasteiger partial charge on any atom is -0.305 e. The van der Waals surface area contributed by atoms with E-state index in [1.54, 1.807) is 25.1 Å². The molecule has 2 rings (SSSR count). The fourth-order valence-electron chi connectivity index (χ4n) is 2.05. The molecule has 1 atom stereocenters. The van der Waals surface area contributed by atoms with Gasteiger partial charge in [-0.2, -0.15) is 8.78 Å². The third-order valence-corrected chi connectivity index (χ3v) is 4.95. The molecule has 0 bridgehead atoms. The van der Waals surface area contributed by atoms with Crippen LogP contribution >= 0.6 is 27.3 Å². The van der Waals surface area contributed by atoms with Crippen LogP contribution in [0.2, 0.25) is 0 Å². The fraction of sp³-hybridized carbons (Fsp3) is 0.385. The lowest BCUT2D eigenvalue weighted by Crippen LogP contribution is -2.42. The topological polar surface area (TPSA) is 12.0 Å². The molecule has 0 amide bonds. The zero-order valence-electron chi connectivity index (χ0n) is 10.5. The molecule has 2 aromatic rings. The Kier molecular flexibility index (Phi) is 4.71. The summed E-state index contributed by atoms with van der Waals surface area (Å²) >= 11 is 4.59. The number of alkyl halides is 4. The Balaban J connectivity index is 2.55. The summed E-state index contributed by atoms with van der Waals surface area (Å²) in [5, 5.41) is 4.56. The highest BCUT2D eigenvalue weighted by Crippen LogP contribution is 2.42. The standard InChI is InChI=1S/C13H12BrF4NS/c1-2-19-11(13(17,18)12(15)16)8-6-20-10-7(8)4-3-5-9(10)14/h3-6,11-12,19H,2H2,1H3. The van der Waals surface area contributed by atoms with Crippen molar-refractivity contribution in [3.05, 3.63) is 33.6 Å². The van der Waals surface area contributed by atoms with Gasteiger partial charge in [0.15, 0.2) is 0 Å². The second kappa shape index (κ2) is 5.99. The van der Waals surface area contributed by atoms with E-state index in [1.807, 2.05) is 0 Å². The molecule has 1 aromatic heterocycles. The maximum atomic E-state index is 13.8. The molecule has 0 fully saturated rings. The molecule has 0 radical (unpaired) electrons. The van der Waals surface area contributed by atoms with Crippen molar-refractivity contribution in [2.75, 3.05) is 6.54 Å². The van der Waals surface area contributed by atoms with E-state index in [2.05, 4.69) is 21.2 Å². The molecule has 1 heterocycles. The molecule has 0 aliphatic carbocycles. The highest BCUT2D eigenvalue weighted by Gasteiger charge is 2.49. The van der Waals surface area contributed by atoms with Crippen LogP contribution in [-0.2, 0) is 0 Å². The van der Waals surface area contributed by atoms with Crippen molar-refractivity contribution in [1.82, 2.24) is 5.32 Å². The van der Waals surface area contributed by atoms with Gasteiger partial charge in [-0.25, -0.2) is 8.78 Å².